The summed E-state index contributed by atoms with van der Waals surface area (Å²) in [6, 6.07) is 0. The van der Waals surface area contributed by atoms with Crippen LogP contribution in [0.4, 0.5) is 13.2 Å². The van der Waals surface area contributed by atoms with Crippen LogP contribution in [0.15, 0.2) is 46.5 Å². The first-order valence-corrected chi connectivity index (χ1v) is 9.22. The molecule has 3 N–H and O–H groups in total. The second-order valence-electron chi connectivity index (χ2n) is 7.07. The van der Waals surface area contributed by atoms with Crippen molar-refractivity contribution >= 4 is 17.8 Å². The summed E-state index contributed by atoms with van der Waals surface area (Å²) in [6.45, 7) is -0.785. The highest BCUT2D eigenvalue weighted by molar-refractivity contribution is 6.20. The molecule has 1 unspecified atom stereocenters. The fraction of sp³-hybridized carbons (Fsp3) is 0.421. The van der Waals surface area contributed by atoms with E-state index in [1.807, 2.05) is 5.32 Å². The number of aliphatic hydroxyl groups is 1. The van der Waals surface area contributed by atoms with Crippen LogP contribution in [0.5, 0.6) is 0 Å². The largest absolute Gasteiger partial charge is 0.506 e. The number of aliphatic carboxylic acids is 1. The smallest absolute Gasteiger partial charge is 0.431 e. The first-order valence-electron chi connectivity index (χ1n) is 9.22. The molecule has 0 radical (unpaired) electrons. The minimum atomic E-state index is -4.71. The van der Waals surface area contributed by atoms with Crippen molar-refractivity contribution < 1.29 is 37.8 Å². The predicted molar refractivity (Wildman–Crippen MR) is 97.5 cm³/mol. The lowest BCUT2D eigenvalue weighted by Gasteiger charge is -2.47. The van der Waals surface area contributed by atoms with Crippen molar-refractivity contribution in [1.82, 2.24) is 15.1 Å². The average Bonchev–Trinajstić information content (AvgIpc) is 2.69. The number of allylic oxidation sites excluding steroid dienone is 5. The first-order chi connectivity index (χ1) is 14.0. The van der Waals surface area contributed by atoms with Gasteiger partial charge in [-0.05, 0) is 37.8 Å². The third-order valence-electron chi connectivity index (χ3n) is 5.11. The molecule has 2 aliphatic heterocycles. The number of amides is 2. The van der Waals surface area contributed by atoms with E-state index in [1.165, 1.54) is 7.05 Å². The normalized spacial score (nSPS) is 22.2. The maximum Gasteiger partial charge on any atom is 0.431 e. The Morgan fingerprint density at radius 2 is 1.97 bits per heavy atom. The molecule has 2 heterocycles. The Hall–Kier alpha value is -3.24. The number of carboxylic acid groups (broad SMARTS) is 1. The van der Waals surface area contributed by atoms with Crippen LogP contribution in [0, 0.1) is 0 Å². The maximum atomic E-state index is 13.7. The van der Waals surface area contributed by atoms with Gasteiger partial charge in [0.1, 0.15) is 29.7 Å². The molecule has 0 aromatic rings. The Balaban J connectivity index is 2.10. The Morgan fingerprint density at radius 1 is 1.27 bits per heavy atom. The number of halogens is 3. The first kappa shape index (κ1) is 21.5. The molecule has 0 aromatic heterocycles. The number of hydrogen-bond acceptors (Lipinski definition) is 5. The monoisotopic (exact) mass is 427 g/mol. The van der Waals surface area contributed by atoms with Crippen molar-refractivity contribution in [3.63, 3.8) is 0 Å². The average molecular weight is 427 g/mol. The summed E-state index contributed by atoms with van der Waals surface area (Å²) >= 11 is 0. The summed E-state index contributed by atoms with van der Waals surface area (Å²) in [5.74, 6) is -4.27. The molecular weight excluding hydrogens is 407 g/mol. The number of nitrogens with one attached hydrogen (secondary N) is 1. The second-order valence-corrected chi connectivity index (χ2v) is 7.07. The van der Waals surface area contributed by atoms with Gasteiger partial charge in [-0.25, -0.2) is 0 Å². The van der Waals surface area contributed by atoms with E-state index in [4.69, 9.17) is 5.11 Å². The molecule has 0 spiro atoms. The van der Waals surface area contributed by atoms with E-state index in [2.05, 4.69) is 0 Å². The number of carbonyl (C=O) groups excluding carboxylic acids is 2. The topological polar surface area (TPSA) is 110 Å². The second kappa shape index (κ2) is 7.88. The highest BCUT2D eigenvalue weighted by Gasteiger charge is 2.49. The minimum Gasteiger partial charge on any atom is -0.506 e. The van der Waals surface area contributed by atoms with E-state index in [0.29, 0.717) is 25.0 Å². The fourth-order valence-corrected chi connectivity index (χ4v) is 3.75. The summed E-state index contributed by atoms with van der Waals surface area (Å²) < 4.78 is 41.2. The van der Waals surface area contributed by atoms with Gasteiger partial charge in [-0.3, -0.25) is 14.4 Å². The molecule has 11 heteroatoms. The molecule has 2 amide bonds. The van der Waals surface area contributed by atoms with E-state index < -0.39 is 53.7 Å². The highest BCUT2D eigenvalue weighted by atomic mass is 19.4. The number of likely N-dealkylation sites (N-methyl/N-ethyl adjacent to an activating group) is 1. The number of carboxylic acids is 1. The van der Waals surface area contributed by atoms with Crippen LogP contribution in [0.25, 0.3) is 0 Å². The van der Waals surface area contributed by atoms with Gasteiger partial charge in [0, 0.05) is 18.3 Å². The molecular formula is C19H20F3N3O5. The quantitative estimate of drug-likeness (QED) is 0.592. The van der Waals surface area contributed by atoms with E-state index in [0.717, 1.165) is 28.4 Å². The minimum absolute atomic E-state index is 0.0583. The molecule has 3 rings (SSSR count). The van der Waals surface area contributed by atoms with Crippen LogP contribution in [-0.2, 0) is 14.4 Å². The van der Waals surface area contributed by atoms with Crippen LogP contribution in [0.2, 0.25) is 0 Å². The van der Waals surface area contributed by atoms with Gasteiger partial charge < -0.3 is 25.3 Å². The van der Waals surface area contributed by atoms with Crippen molar-refractivity contribution in [3.05, 3.63) is 46.5 Å². The number of fused-ring (bicyclic) bond motifs is 1. The Kier molecular flexibility index (Phi) is 5.64. The van der Waals surface area contributed by atoms with Crippen molar-refractivity contribution in [2.45, 2.75) is 38.0 Å². The highest BCUT2D eigenvalue weighted by Crippen LogP contribution is 2.43. The number of rotatable bonds is 4. The fourth-order valence-electron chi connectivity index (χ4n) is 3.75. The number of nitrogens with zero attached hydrogens (tertiary/aromatic N) is 2. The zero-order valence-corrected chi connectivity index (χ0v) is 16.0. The molecule has 1 atom stereocenters. The van der Waals surface area contributed by atoms with E-state index in [9.17, 15) is 32.7 Å². The molecule has 30 heavy (non-hydrogen) atoms. The molecule has 0 saturated heterocycles. The van der Waals surface area contributed by atoms with Crippen LogP contribution in [-0.4, -0.2) is 63.7 Å². The van der Waals surface area contributed by atoms with Crippen molar-refractivity contribution in [2.75, 3.05) is 13.6 Å². The van der Waals surface area contributed by atoms with E-state index >= 15 is 0 Å². The molecule has 8 nitrogen and oxygen atoms in total. The predicted octanol–water partition coefficient (Wildman–Crippen LogP) is 1.94. The molecule has 162 valence electrons. The standard InChI is InChI=1S/C19H20F3N3O5/c1-24-17-11(15(28)14(18(24)30)16(29)23-9-13(26)27)7-8-12(19(20,21)22)25(17)10-5-3-2-4-6-10/h5,7-8,17,28H,2-4,6,9H2,1H3,(H,23,29)(H,26,27). The summed E-state index contributed by atoms with van der Waals surface area (Å²) in [4.78, 5) is 37.6. The Bertz CT molecular complexity index is 917. The third-order valence-corrected chi connectivity index (χ3v) is 5.11. The number of hydrogen-bond donors (Lipinski definition) is 3. The third kappa shape index (κ3) is 3.79. The molecule has 3 aliphatic rings. The van der Waals surface area contributed by atoms with E-state index in [1.54, 1.807) is 6.08 Å². The molecule has 0 fully saturated rings. The van der Waals surface area contributed by atoms with E-state index in [-0.39, 0.29) is 5.57 Å². The molecule has 0 aromatic carbocycles. The lowest BCUT2D eigenvalue weighted by molar-refractivity contribution is -0.140. The van der Waals surface area contributed by atoms with Gasteiger partial charge in [-0.15, -0.1) is 0 Å². The molecule has 0 bridgehead atoms. The van der Waals surface area contributed by atoms with Gasteiger partial charge in [0.2, 0.25) is 0 Å². The van der Waals surface area contributed by atoms with Gasteiger partial charge in [-0.1, -0.05) is 6.08 Å². The number of carbonyl (C=O) groups is 3. The summed E-state index contributed by atoms with van der Waals surface area (Å²) in [7, 11) is 1.23. The van der Waals surface area contributed by atoms with Crippen molar-refractivity contribution in [1.29, 1.82) is 0 Å². The zero-order chi connectivity index (χ0) is 22.2. The number of alkyl halides is 3. The summed E-state index contributed by atoms with van der Waals surface area (Å²) in [5.41, 5.74) is -1.37. The van der Waals surface area contributed by atoms with Gasteiger partial charge >= 0.3 is 12.1 Å². The van der Waals surface area contributed by atoms with Crippen LogP contribution in [0.1, 0.15) is 25.7 Å². The molecule has 1 aliphatic carbocycles. The van der Waals surface area contributed by atoms with Crippen LogP contribution < -0.4 is 5.32 Å². The SMILES string of the molecule is CN1C(=O)C(C(=O)NCC(=O)O)=C(O)C2=CC=C(C(F)(F)F)N(C3=CCCCC3)C21. The molecule has 0 saturated carbocycles. The zero-order valence-electron chi connectivity index (χ0n) is 16.0. The van der Waals surface area contributed by atoms with Crippen molar-refractivity contribution in [2.24, 2.45) is 0 Å². The van der Waals surface area contributed by atoms with Crippen LogP contribution >= 0.6 is 0 Å². The van der Waals surface area contributed by atoms with Crippen molar-refractivity contribution in [3.8, 4) is 0 Å². The lowest BCUT2D eigenvalue weighted by Crippen LogP contribution is -2.56. The lowest BCUT2D eigenvalue weighted by atomic mass is 9.92. The Morgan fingerprint density at radius 3 is 2.53 bits per heavy atom. The van der Waals surface area contributed by atoms with Gasteiger partial charge in [0.25, 0.3) is 11.8 Å². The van der Waals surface area contributed by atoms with Gasteiger partial charge in [0.05, 0.1) is 0 Å². The maximum absolute atomic E-state index is 13.7. The van der Waals surface area contributed by atoms with Crippen LogP contribution in [0.3, 0.4) is 0 Å². The summed E-state index contributed by atoms with van der Waals surface area (Å²) in [5, 5.41) is 21.3. The van der Waals surface area contributed by atoms with Gasteiger partial charge in [-0.2, -0.15) is 13.2 Å². The summed E-state index contributed by atoms with van der Waals surface area (Å²) in [6.07, 6.45) is -0.0156. The van der Waals surface area contributed by atoms with Gasteiger partial charge in [0.15, 0.2) is 0 Å². The number of aliphatic hydroxyl groups excluding tert-OH is 1. The Labute approximate surface area is 169 Å².